The van der Waals surface area contributed by atoms with Gasteiger partial charge >= 0.3 is 0 Å². The molecular formula is C24H25FN2O4. The van der Waals surface area contributed by atoms with E-state index in [-0.39, 0.29) is 24.4 Å². The van der Waals surface area contributed by atoms with Gasteiger partial charge in [-0.3, -0.25) is 4.79 Å². The Hall–Kier alpha value is -3.35. The number of hydrogen-bond acceptors (Lipinski definition) is 5. The van der Waals surface area contributed by atoms with Crippen molar-refractivity contribution in [3.8, 4) is 11.5 Å². The summed E-state index contributed by atoms with van der Waals surface area (Å²) < 4.78 is 30.3. The smallest absolute Gasteiger partial charge is 0.254 e. The Balaban J connectivity index is 1.54. The fourth-order valence-electron chi connectivity index (χ4n) is 4.01. The molecule has 3 aromatic rings. The van der Waals surface area contributed by atoms with Crippen molar-refractivity contribution in [3.05, 3.63) is 75.9 Å². The quantitative estimate of drug-likeness (QED) is 0.590. The molecule has 0 aliphatic carbocycles. The summed E-state index contributed by atoms with van der Waals surface area (Å²) in [6.07, 6.45) is 0.696. The summed E-state index contributed by atoms with van der Waals surface area (Å²) in [6, 6.07) is 9.71. The van der Waals surface area contributed by atoms with E-state index in [4.69, 9.17) is 14.0 Å². The molecule has 0 spiro atoms. The molecule has 1 aliphatic rings. The molecule has 1 unspecified atom stereocenters. The number of amides is 1. The van der Waals surface area contributed by atoms with Crippen LogP contribution in [0.15, 0.2) is 40.9 Å². The number of carbonyl (C=O) groups excluding carboxylic acids is 1. The van der Waals surface area contributed by atoms with Gasteiger partial charge in [-0.2, -0.15) is 0 Å². The lowest BCUT2D eigenvalue weighted by atomic mass is 9.93. The fraction of sp³-hybridized carbons (Fsp3) is 0.333. The van der Waals surface area contributed by atoms with Gasteiger partial charge in [-0.25, -0.2) is 4.39 Å². The van der Waals surface area contributed by atoms with E-state index in [1.807, 2.05) is 20.8 Å². The highest BCUT2D eigenvalue weighted by Gasteiger charge is 2.29. The summed E-state index contributed by atoms with van der Waals surface area (Å²) in [6.45, 7) is 6.48. The molecule has 162 valence electrons. The molecular weight excluding hydrogens is 399 g/mol. The maximum absolute atomic E-state index is 13.7. The first-order valence-corrected chi connectivity index (χ1v) is 10.2. The van der Waals surface area contributed by atoms with Crippen LogP contribution < -0.4 is 9.47 Å². The second-order valence-corrected chi connectivity index (χ2v) is 7.72. The average Bonchev–Trinajstić information content (AvgIpc) is 3.09. The lowest BCUT2D eigenvalue weighted by Gasteiger charge is -2.35. The molecule has 2 aromatic carbocycles. The Kier molecular flexibility index (Phi) is 5.67. The van der Waals surface area contributed by atoms with E-state index in [0.717, 1.165) is 22.4 Å². The van der Waals surface area contributed by atoms with Crippen LogP contribution in [0.3, 0.4) is 0 Å². The van der Waals surface area contributed by atoms with E-state index >= 15 is 0 Å². The second-order valence-electron chi connectivity index (χ2n) is 7.72. The van der Waals surface area contributed by atoms with Crippen molar-refractivity contribution < 1.29 is 23.2 Å². The molecule has 6 nitrogen and oxygen atoms in total. The van der Waals surface area contributed by atoms with Gasteiger partial charge in [-0.1, -0.05) is 11.2 Å². The lowest BCUT2D eigenvalue weighted by molar-refractivity contribution is 0.0677. The molecule has 1 aromatic heterocycles. The van der Waals surface area contributed by atoms with Crippen molar-refractivity contribution in [2.24, 2.45) is 0 Å². The Morgan fingerprint density at radius 1 is 1.23 bits per heavy atom. The molecule has 1 amide bonds. The number of methoxy groups -OCH3 is 1. The Morgan fingerprint density at radius 3 is 2.74 bits per heavy atom. The van der Waals surface area contributed by atoms with Gasteiger partial charge in [0.25, 0.3) is 5.91 Å². The van der Waals surface area contributed by atoms with Gasteiger partial charge in [0.15, 0.2) is 11.5 Å². The van der Waals surface area contributed by atoms with Gasteiger partial charge in [-0.15, -0.1) is 0 Å². The predicted octanol–water partition coefficient (Wildman–Crippen LogP) is 4.78. The zero-order valence-electron chi connectivity index (χ0n) is 18.1. The maximum Gasteiger partial charge on any atom is 0.254 e. The van der Waals surface area contributed by atoms with Crippen LogP contribution in [0.25, 0.3) is 0 Å². The molecule has 31 heavy (non-hydrogen) atoms. The third kappa shape index (κ3) is 4.00. The van der Waals surface area contributed by atoms with Crippen LogP contribution in [0.4, 0.5) is 4.39 Å². The van der Waals surface area contributed by atoms with Crippen molar-refractivity contribution in [1.82, 2.24) is 10.1 Å². The van der Waals surface area contributed by atoms with Crippen LogP contribution in [0, 0.1) is 19.7 Å². The molecule has 0 saturated carbocycles. The zero-order valence-corrected chi connectivity index (χ0v) is 18.1. The van der Waals surface area contributed by atoms with Gasteiger partial charge in [0.1, 0.15) is 18.2 Å². The standard InChI is InChI=1S/C24H25FN2O4/c1-14-21(16(3)31-26-14)13-30-22-8-6-18(11-23(22)29-4)24(28)27-10-9-17-5-7-19(25)12-20(17)15(27)2/h5-8,11-12,15H,9-10,13H2,1-4H3. The molecule has 0 saturated heterocycles. The number of benzene rings is 2. The number of ether oxygens (including phenoxy) is 2. The first-order chi connectivity index (χ1) is 14.9. The molecule has 0 fully saturated rings. The number of aryl methyl sites for hydroxylation is 2. The Labute approximate surface area is 180 Å². The van der Waals surface area contributed by atoms with Crippen molar-refractivity contribution in [1.29, 1.82) is 0 Å². The molecule has 4 rings (SSSR count). The van der Waals surface area contributed by atoms with E-state index in [9.17, 15) is 9.18 Å². The number of aromatic nitrogens is 1. The van der Waals surface area contributed by atoms with E-state index in [0.29, 0.717) is 35.8 Å². The van der Waals surface area contributed by atoms with Crippen LogP contribution >= 0.6 is 0 Å². The maximum atomic E-state index is 13.7. The van der Waals surface area contributed by atoms with Crippen LogP contribution in [0.5, 0.6) is 11.5 Å². The minimum Gasteiger partial charge on any atom is -0.493 e. The largest absolute Gasteiger partial charge is 0.493 e. The van der Waals surface area contributed by atoms with E-state index in [2.05, 4.69) is 5.16 Å². The van der Waals surface area contributed by atoms with E-state index < -0.39 is 0 Å². The minimum absolute atomic E-state index is 0.127. The molecule has 7 heteroatoms. The first kappa shape index (κ1) is 20.9. The number of halogens is 1. The zero-order chi connectivity index (χ0) is 22.1. The minimum atomic E-state index is -0.290. The monoisotopic (exact) mass is 424 g/mol. The van der Waals surface area contributed by atoms with Crippen LogP contribution in [0.1, 0.15) is 51.5 Å². The number of carbonyl (C=O) groups is 1. The lowest BCUT2D eigenvalue weighted by Crippen LogP contribution is -2.38. The molecule has 0 radical (unpaired) electrons. The SMILES string of the molecule is COc1cc(C(=O)N2CCc3ccc(F)cc3C2C)ccc1OCc1c(C)noc1C. The summed E-state index contributed by atoms with van der Waals surface area (Å²) >= 11 is 0. The summed E-state index contributed by atoms with van der Waals surface area (Å²) in [5, 5.41) is 3.93. The van der Waals surface area contributed by atoms with Gasteiger partial charge in [-0.05, 0) is 68.7 Å². The predicted molar refractivity (Wildman–Crippen MR) is 113 cm³/mol. The Morgan fingerprint density at radius 2 is 2.03 bits per heavy atom. The summed E-state index contributed by atoms with van der Waals surface area (Å²) in [4.78, 5) is 15.0. The third-order valence-corrected chi connectivity index (χ3v) is 5.87. The van der Waals surface area contributed by atoms with Gasteiger partial charge in [0.2, 0.25) is 0 Å². The van der Waals surface area contributed by atoms with Crippen LogP contribution in [-0.2, 0) is 13.0 Å². The molecule has 0 N–H and O–H groups in total. The number of fused-ring (bicyclic) bond motifs is 1. The molecule has 1 atom stereocenters. The highest BCUT2D eigenvalue weighted by atomic mass is 19.1. The van der Waals surface area contributed by atoms with Crippen molar-refractivity contribution in [2.75, 3.05) is 13.7 Å². The fourth-order valence-corrected chi connectivity index (χ4v) is 4.01. The second kappa shape index (κ2) is 8.41. The van der Waals surface area contributed by atoms with Crippen molar-refractivity contribution in [3.63, 3.8) is 0 Å². The summed E-state index contributed by atoms with van der Waals surface area (Å²) in [7, 11) is 1.54. The molecule has 2 heterocycles. The normalized spacial score (nSPS) is 15.5. The highest BCUT2D eigenvalue weighted by Crippen LogP contribution is 2.34. The van der Waals surface area contributed by atoms with E-state index in [1.54, 1.807) is 29.2 Å². The molecule has 1 aliphatic heterocycles. The summed E-state index contributed by atoms with van der Waals surface area (Å²) in [5.74, 6) is 1.28. The number of nitrogens with zero attached hydrogens (tertiary/aromatic N) is 2. The van der Waals surface area contributed by atoms with Gasteiger partial charge in [0.05, 0.1) is 24.4 Å². The van der Waals surface area contributed by atoms with Gasteiger partial charge in [0, 0.05) is 12.1 Å². The number of hydrogen-bond donors (Lipinski definition) is 0. The van der Waals surface area contributed by atoms with Crippen molar-refractivity contribution >= 4 is 5.91 Å². The topological polar surface area (TPSA) is 64.8 Å². The first-order valence-electron chi connectivity index (χ1n) is 10.2. The Bertz CT molecular complexity index is 1110. The van der Waals surface area contributed by atoms with Crippen LogP contribution in [0.2, 0.25) is 0 Å². The van der Waals surface area contributed by atoms with E-state index in [1.165, 1.54) is 19.2 Å². The van der Waals surface area contributed by atoms with Crippen molar-refractivity contribution in [2.45, 2.75) is 39.8 Å². The van der Waals surface area contributed by atoms with Crippen LogP contribution in [-0.4, -0.2) is 29.6 Å². The third-order valence-electron chi connectivity index (χ3n) is 5.87. The highest BCUT2D eigenvalue weighted by molar-refractivity contribution is 5.95. The summed E-state index contributed by atoms with van der Waals surface area (Å²) in [5.41, 5.74) is 4.09. The van der Waals surface area contributed by atoms with Gasteiger partial charge < -0.3 is 18.9 Å². The average molecular weight is 424 g/mol. The number of rotatable bonds is 5. The molecule has 0 bridgehead atoms.